The van der Waals surface area contributed by atoms with Gasteiger partial charge >= 0.3 is 0 Å². The minimum Gasteiger partial charge on any atom is -0.375 e. The number of ether oxygens (including phenoxy) is 1. The van der Waals surface area contributed by atoms with Gasteiger partial charge in [0.25, 0.3) is 0 Å². The van der Waals surface area contributed by atoms with Crippen LogP contribution in [0.25, 0.3) is 0 Å². The number of benzene rings is 1. The van der Waals surface area contributed by atoms with Crippen molar-refractivity contribution in [2.45, 2.75) is 37.8 Å². The minimum absolute atomic E-state index is 0.144. The third-order valence-electron chi connectivity index (χ3n) is 3.28. The van der Waals surface area contributed by atoms with Gasteiger partial charge in [-0.3, -0.25) is 0 Å². The first-order valence-electron chi connectivity index (χ1n) is 5.90. The van der Waals surface area contributed by atoms with Crippen molar-refractivity contribution >= 4 is 11.6 Å². The fraction of sp³-hybridized carbons (Fsp3) is 0.538. The molecule has 0 aliphatic heterocycles. The first-order chi connectivity index (χ1) is 8.11. The van der Waals surface area contributed by atoms with Gasteiger partial charge in [0.15, 0.2) is 0 Å². The van der Waals surface area contributed by atoms with E-state index in [0.717, 1.165) is 12.8 Å². The van der Waals surface area contributed by atoms with Crippen molar-refractivity contribution in [1.29, 1.82) is 0 Å². The topological polar surface area (TPSA) is 35.2 Å². The molecule has 0 spiro atoms. The molecule has 2 N–H and O–H groups in total. The summed E-state index contributed by atoms with van der Waals surface area (Å²) in [7, 11) is 0. The second kappa shape index (κ2) is 5.34. The summed E-state index contributed by atoms with van der Waals surface area (Å²) in [5.74, 6) is -0.406. The summed E-state index contributed by atoms with van der Waals surface area (Å²) in [5.41, 5.74) is 6.64. The lowest BCUT2D eigenvalue weighted by Gasteiger charge is -2.23. The fourth-order valence-electron chi connectivity index (χ4n) is 2.25. The Bertz CT molecular complexity index is 391. The molecule has 0 aromatic heterocycles. The van der Waals surface area contributed by atoms with Gasteiger partial charge in [-0.2, -0.15) is 0 Å². The summed E-state index contributed by atoms with van der Waals surface area (Å²) < 4.78 is 18.7. The van der Waals surface area contributed by atoms with Crippen molar-refractivity contribution in [3.8, 4) is 0 Å². The Labute approximate surface area is 106 Å². The molecule has 1 saturated carbocycles. The van der Waals surface area contributed by atoms with Crippen LogP contribution in [-0.2, 0) is 11.3 Å². The zero-order valence-electron chi connectivity index (χ0n) is 9.72. The highest BCUT2D eigenvalue weighted by Gasteiger charge is 2.29. The van der Waals surface area contributed by atoms with Gasteiger partial charge in [0.2, 0.25) is 0 Å². The van der Waals surface area contributed by atoms with E-state index in [1.807, 2.05) is 0 Å². The molecular weight excluding hydrogens is 241 g/mol. The van der Waals surface area contributed by atoms with Crippen molar-refractivity contribution in [2.24, 2.45) is 5.73 Å². The molecule has 4 heteroatoms. The van der Waals surface area contributed by atoms with Crippen LogP contribution in [0, 0.1) is 5.82 Å². The van der Waals surface area contributed by atoms with Crippen molar-refractivity contribution in [1.82, 2.24) is 0 Å². The molecule has 1 fully saturated rings. The summed E-state index contributed by atoms with van der Waals surface area (Å²) in [6.45, 7) is 0.829. The van der Waals surface area contributed by atoms with E-state index in [1.165, 1.54) is 18.9 Å². The van der Waals surface area contributed by atoms with Crippen LogP contribution < -0.4 is 5.73 Å². The molecule has 0 unspecified atom stereocenters. The van der Waals surface area contributed by atoms with Gasteiger partial charge < -0.3 is 10.5 Å². The lowest BCUT2D eigenvalue weighted by molar-refractivity contribution is 0.0750. The SMILES string of the molecule is NC1(COCc2cccc(F)c2Cl)CCCC1. The second-order valence-electron chi connectivity index (χ2n) is 4.78. The number of halogens is 2. The quantitative estimate of drug-likeness (QED) is 0.899. The average Bonchev–Trinajstić information content (AvgIpc) is 2.72. The Hall–Kier alpha value is -0.640. The summed E-state index contributed by atoms with van der Waals surface area (Å²) in [6, 6.07) is 4.74. The molecule has 17 heavy (non-hydrogen) atoms. The Morgan fingerprint density at radius 1 is 1.35 bits per heavy atom. The molecule has 2 rings (SSSR count). The molecule has 2 nitrogen and oxygen atoms in total. The number of hydrogen-bond acceptors (Lipinski definition) is 2. The number of hydrogen-bond donors (Lipinski definition) is 1. The van der Waals surface area contributed by atoms with Crippen LogP contribution in [0.3, 0.4) is 0 Å². The smallest absolute Gasteiger partial charge is 0.142 e. The van der Waals surface area contributed by atoms with Crippen molar-refractivity contribution < 1.29 is 9.13 Å². The highest BCUT2D eigenvalue weighted by molar-refractivity contribution is 6.31. The predicted molar refractivity (Wildman–Crippen MR) is 66.5 cm³/mol. The van der Waals surface area contributed by atoms with Gasteiger partial charge in [0.1, 0.15) is 5.82 Å². The van der Waals surface area contributed by atoms with Crippen molar-refractivity contribution in [3.63, 3.8) is 0 Å². The fourth-order valence-corrected chi connectivity index (χ4v) is 2.43. The molecule has 1 aliphatic rings. The van der Waals surface area contributed by atoms with Gasteiger partial charge in [-0.25, -0.2) is 4.39 Å². The van der Waals surface area contributed by atoms with Gasteiger partial charge in [-0.1, -0.05) is 36.6 Å². The molecule has 0 atom stereocenters. The maximum absolute atomic E-state index is 13.2. The lowest BCUT2D eigenvalue weighted by Crippen LogP contribution is -2.41. The third kappa shape index (κ3) is 3.18. The van der Waals surface area contributed by atoms with Crippen LogP contribution in [0.1, 0.15) is 31.2 Å². The Kier molecular flexibility index (Phi) is 4.02. The van der Waals surface area contributed by atoms with Gasteiger partial charge in [-0.05, 0) is 24.5 Å². The highest BCUT2D eigenvalue weighted by Crippen LogP contribution is 2.28. The van der Waals surface area contributed by atoms with E-state index in [9.17, 15) is 4.39 Å². The van der Waals surface area contributed by atoms with E-state index < -0.39 is 5.82 Å². The first kappa shape index (κ1) is 12.8. The van der Waals surface area contributed by atoms with Crippen LogP contribution in [0.4, 0.5) is 4.39 Å². The molecule has 1 aromatic rings. The van der Waals surface area contributed by atoms with Crippen LogP contribution in [-0.4, -0.2) is 12.1 Å². The maximum atomic E-state index is 13.2. The van der Waals surface area contributed by atoms with Crippen molar-refractivity contribution in [3.05, 3.63) is 34.6 Å². The molecule has 0 saturated heterocycles. The molecular formula is C13H17ClFNO. The number of nitrogens with two attached hydrogens (primary N) is 1. The molecule has 1 aromatic carbocycles. The largest absolute Gasteiger partial charge is 0.375 e. The Balaban J connectivity index is 1.88. The zero-order valence-corrected chi connectivity index (χ0v) is 10.5. The molecule has 94 valence electrons. The van der Waals surface area contributed by atoms with E-state index in [0.29, 0.717) is 18.8 Å². The molecule has 0 amide bonds. The first-order valence-corrected chi connectivity index (χ1v) is 6.28. The van der Waals surface area contributed by atoms with Crippen LogP contribution >= 0.6 is 11.6 Å². The van der Waals surface area contributed by atoms with E-state index >= 15 is 0 Å². The maximum Gasteiger partial charge on any atom is 0.142 e. The molecule has 0 radical (unpaired) electrons. The molecule has 0 bridgehead atoms. The summed E-state index contributed by atoms with van der Waals surface area (Å²) >= 11 is 5.84. The van der Waals surface area contributed by atoms with Gasteiger partial charge in [-0.15, -0.1) is 0 Å². The lowest BCUT2D eigenvalue weighted by atomic mass is 10.0. The Morgan fingerprint density at radius 3 is 2.76 bits per heavy atom. The van der Waals surface area contributed by atoms with E-state index in [4.69, 9.17) is 22.1 Å². The monoisotopic (exact) mass is 257 g/mol. The predicted octanol–water partition coefficient (Wildman–Crippen LogP) is 3.27. The summed E-state index contributed by atoms with van der Waals surface area (Å²) in [4.78, 5) is 0. The van der Waals surface area contributed by atoms with E-state index in [-0.39, 0.29) is 10.6 Å². The van der Waals surface area contributed by atoms with Gasteiger partial charge in [0.05, 0.1) is 18.2 Å². The van der Waals surface area contributed by atoms with Crippen LogP contribution in [0.5, 0.6) is 0 Å². The van der Waals surface area contributed by atoms with Crippen LogP contribution in [0.15, 0.2) is 18.2 Å². The van der Waals surface area contributed by atoms with E-state index in [2.05, 4.69) is 0 Å². The van der Waals surface area contributed by atoms with Crippen LogP contribution in [0.2, 0.25) is 5.02 Å². The Morgan fingerprint density at radius 2 is 2.06 bits per heavy atom. The highest BCUT2D eigenvalue weighted by atomic mass is 35.5. The minimum atomic E-state index is -0.406. The third-order valence-corrected chi connectivity index (χ3v) is 3.70. The summed E-state index contributed by atoms with van der Waals surface area (Å²) in [6.07, 6.45) is 4.34. The second-order valence-corrected chi connectivity index (χ2v) is 5.15. The zero-order chi connectivity index (χ0) is 12.3. The molecule has 1 aliphatic carbocycles. The standard InChI is InChI=1S/C13H17ClFNO/c14-12-10(4-3-5-11(12)15)8-17-9-13(16)6-1-2-7-13/h3-5H,1-2,6-9,16H2. The average molecular weight is 258 g/mol. The van der Waals surface area contributed by atoms with E-state index in [1.54, 1.807) is 12.1 Å². The van der Waals surface area contributed by atoms with Gasteiger partial charge in [0, 0.05) is 5.54 Å². The van der Waals surface area contributed by atoms with Crippen molar-refractivity contribution in [2.75, 3.05) is 6.61 Å². The number of rotatable bonds is 4. The normalized spacial score (nSPS) is 18.5. The molecule has 0 heterocycles. The summed E-state index contributed by atoms with van der Waals surface area (Å²) in [5, 5.41) is 0.144.